The normalized spacial score (nSPS) is 13.9. The minimum atomic E-state index is -0.311. The summed E-state index contributed by atoms with van der Waals surface area (Å²) in [5, 5.41) is 19.8. The Bertz CT molecular complexity index is 605. The van der Waals surface area contributed by atoms with Crippen LogP contribution in [0.5, 0.6) is 0 Å². The van der Waals surface area contributed by atoms with Gasteiger partial charge < -0.3 is 14.9 Å². The van der Waals surface area contributed by atoms with Gasteiger partial charge in [-0.2, -0.15) is 5.10 Å². The first-order chi connectivity index (χ1) is 9.99. The Hall–Kier alpha value is -2.15. The fourth-order valence-electron chi connectivity index (χ4n) is 1.79. The molecule has 2 rings (SSSR count). The van der Waals surface area contributed by atoms with Crippen molar-refractivity contribution in [2.75, 3.05) is 6.61 Å². The van der Waals surface area contributed by atoms with Crippen LogP contribution in [-0.4, -0.2) is 38.6 Å². The standard InChI is InChI=1S/C14H20N4O3/c1-9-5-15-18(6-9)7-12-4-13(17-21-12)14(20)16-11(3)10(2)8-19/h4-6,10-11,19H,7-8H2,1-3H3,(H,16,20). The Balaban J connectivity index is 1.97. The highest BCUT2D eigenvalue weighted by Gasteiger charge is 2.18. The van der Waals surface area contributed by atoms with Gasteiger partial charge in [0.15, 0.2) is 11.5 Å². The third-order valence-electron chi connectivity index (χ3n) is 3.37. The zero-order valence-corrected chi connectivity index (χ0v) is 12.4. The number of aromatic nitrogens is 3. The molecule has 2 N–H and O–H groups in total. The molecule has 0 fully saturated rings. The van der Waals surface area contributed by atoms with Gasteiger partial charge in [-0.15, -0.1) is 0 Å². The van der Waals surface area contributed by atoms with Gasteiger partial charge in [0.2, 0.25) is 0 Å². The molecule has 2 aromatic rings. The van der Waals surface area contributed by atoms with Crippen LogP contribution in [0.25, 0.3) is 0 Å². The smallest absolute Gasteiger partial charge is 0.273 e. The molecule has 2 heterocycles. The van der Waals surface area contributed by atoms with Crippen LogP contribution >= 0.6 is 0 Å². The number of carbonyl (C=O) groups excluding carboxylic acids is 1. The monoisotopic (exact) mass is 292 g/mol. The van der Waals surface area contributed by atoms with Gasteiger partial charge in [-0.05, 0) is 25.3 Å². The minimum absolute atomic E-state index is 0.0180. The van der Waals surface area contributed by atoms with E-state index in [2.05, 4.69) is 15.6 Å². The first kappa shape index (κ1) is 15.2. The maximum absolute atomic E-state index is 12.0. The van der Waals surface area contributed by atoms with E-state index in [4.69, 9.17) is 9.63 Å². The average molecular weight is 292 g/mol. The van der Waals surface area contributed by atoms with Crippen molar-refractivity contribution < 1.29 is 14.4 Å². The fourth-order valence-corrected chi connectivity index (χ4v) is 1.79. The second kappa shape index (κ2) is 6.53. The van der Waals surface area contributed by atoms with Crippen molar-refractivity contribution in [3.8, 4) is 0 Å². The van der Waals surface area contributed by atoms with E-state index in [0.29, 0.717) is 12.3 Å². The van der Waals surface area contributed by atoms with Gasteiger partial charge in [-0.1, -0.05) is 12.1 Å². The van der Waals surface area contributed by atoms with Crippen molar-refractivity contribution in [1.29, 1.82) is 0 Å². The first-order valence-corrected chi connectivity index (χ1v) is 6.86. The second-order valence-corrected chi connectivity index (χ2v) is 5.32. The lowest BCUT2D eigenvalue weighted by Gasteiger charge is -2.18. The molecule has 0 aliphatic rings. The number of rotatable bonds is 6. The number of amides is 1. The van der Waals surface area contributed by atoms with Gasteiger partial charge in [0.05, 0.1) is 6.20 Å². The maximum atomic E-state index is 12.0. The van der Waals surface area contributed by atoms with Crippen molar-refractivity contribution in [2.24, 2.45) is 5.92 Å². The lowest BCUT2D eigenvalue weighted by atomic mass is 10.1. The number of nitrogens with one attached hydrogen (secondary N) is 1. The largest absolute Gasteiger partial charge is 0.396 e. The van der Waals surface area contributed by atoms with Crippen molar-refractivity contribution in [3.63, 3.8) is 0 Å². The molecule has 0 saturated heterocycles. The highest BCUT2D eigenvalue weighted by molar-refractivity contribution is 5.92. The number of nitrogens with zero attached hydrogens (tertiary/aromatic N) is 3. The van der Waals surface area contributed by atoms with Crippen molar-refractivity contribution in [2.45, 2.75) is 33.4 Å². The van der Waals surface area contributed by atoms with E-state index in [-0.39, 0.29) is 30.2 Å². The zero-order valence-electron chi connectivity index (χ0n) is 12.4. The average Bonchev–Trinajstić information content (AvgIpc) is 3.07. The molecular formula is C14H20N4O3. The number of aliphatic hydroxyl groups excluding tert-OH is 1. The third kappa shape index (κ3) is 3.91. The topological polar surface area (TPSA) is 93.2 Å². The van der Waals surface area contributed by atoms with Crippen LogP contribution in [-0.2, 0) is 6.54 Å². The molecule has 0 bridgehead atoms. The molecule has 0 aliphatic carbocycles. The van der Waals surface area contributed by atoms with Gasteiger partial charge in [0.25, 0.3) is 5.91 Å². The van der Waals surface area contributed by atoms with Gasteiger partial charge in [0.1, 0.15) is 6.54 Å². The Kier molecular flexibility index (Phi) is 4.74. The summed E-state index contributed by atoms with van der Waals surface area (Å²) < 4.78 is 6.86. The highest BCUT2D eigenvalue weighted by atomic mass is 16.5. The highest BCUT2D eigenvalue weighted by Crippen LogP contribution is 2.08. The predicted octanol–water partition coefficient (Wildman–Crippen LogP) is 0.975. The van der Waals surface area contributed by atoms with E-state index in [1.165, 1.54) is 0 Å². The van der Waals surface area contributed by atoms with Gasteiger partial charge >= 0.3 is 0 Å². The first-order valence-electron chi connectivity index (χ1n) is 6.86. The van der Waals surface area contributed by atoms with Gasteiger partial charge in [-0.25, -0.2) is 0 Å². The maximum Gasteiger partial charge on any atom is 0.273 e. The molecule has 21 heavy (non-hydrogen) atoms. The lowest BCUT2D eigenvalue weighted by molar-refractivity contribution is 0.0907. The van der Waals surface area contributed by atoms with Crippen molar-refractivity contribution >= 4 is 5.91 Å². The Labute approximate surface area is 122 Å². The predicted molar refractivity (Wildman–Crippen MR) is 75.7 cm³/mol. The number of carbonyl (C=O) groups is 1. The van der Waals surface area contributed by atoms with Crippen LogP contribution in [0.15, 0.2) is 23.0 Å². The summed E-state index contributed by atoms with van der Waals surface area (Å²) in [6.45, 7) is 6.10. The SMILES string of the molecule is Cc1cnn(Cc2cc(C(=O)NC(C)C(C)CO)no2)c1. The molecule has 0 radical (unpaired) electrons. The molecular weight excluding hydrogens is 272 g/mol. The van der Waals surface area contributed by atoms with Crippen LogP contribution in [0, 0.1) is 12.8 Å². The number of aryl methyl sites for hydroxylation is 1. The molecule has 0 saturated carbocycles. The van der Waals surface area contributed by atoms with Gasteiger partial charge in [0, 0.05) is 24.9 Å². The summed E-state index contributed by atoms with van der Waals surface area (Å²) >= 11 is 0. The Morgan fingerprint density at radius 2 is 2.29 bits per heavy atom. The van der Waals surface area contributed by atoms with E-state index < -0.39 is 0 Å². The van der Waals surface area contributed by atoms with Crippen LogP contribution in [0.2, 0.25) is 0 Å². The molecule has 0 aliphatic heterocycles. The van der Waals surface area contributed by atoms with Crippen molar-refractivity contribution in [1.82, 2.24) is 20.3 Å². The van der Waals surface area contributed by atoms with Crippen LogP contribution in [0.4, 0.5) is 0 Å². The molecule has 7 nitrogen and oxygen atoms in total. The Morgan fingerprint density at radius 3 is 2.90 bits per heavy atom. The molecule has 114 valence electrons. The summed E-state index contributed by atoms with van der Waals surface area (Å²) in [4.78, 5) is 12.0. The summed E-state index contributed by atoms with van der Waals surface area (Å²) in [5.41, 5.74) is 1.28. The van der Waals surface area contributed by atoms with E-state index in [1.54, 1.807) is 16.9 Å². The zero-order chi connectivity index (χ0) is 15.4. The molecule has 2 atom stereocenters. The molecule has 1 amide bonds. The Morgan fingerprint density at radius 1 is 1.52 bits per heavy atom. The summed E-state index contributed by atoms with van der Waals surface area (Å²) in [7, 11) is 0. The quantitative estimate of drug-likeness (QED) is 0.827. The van der Waals surface area contributed by atoms with Crippen LogP contribution in [0.1, 0.15) is 35.7 Å². The molecule has 0 spiro atoms. The van der Waals surface area contributed by atoms with E-state index in [1.807, 2.05) is 27.0 Å². The molecule has 7 heteroatoms. The van der Waals surface area contributed by atoms with E-state index >= 15 is 0 Å². The summed E-state index contributed by atoms with van der Waals surface area (Å²) in [6, 6.07) is 1.46. The molecule has 2 unspecified atom stereocenters. The molecule has 0 aromatic carbocycles. The van der Waals surface area contributed by atoms with Crippen LogP contribution < -0.4 is 5.32 Å². The number of hydrogen-bond acceptors (Lipinski definition) is 5. The van der Waals surface area contributed by atoms with E-state index in [0.717, 1.165) is 5.56 Å². The molecule has 2 aromatic heterocycles. The lowest BCUT2D eigenvalue weighted by Crippen LogP contribution is -2.38. The van der Waals surface area contributed by atoms with Gasteiger partial charge in [-0.3, -0.25) is 9.48 Å². The second-order valence-electron chi connectivity index (χ2n) is 5.32. The van der Waals surface area contributed by atoms with Crippen molar-refractivity contribution in [3.05, 3.63) is 35.5 Å². The number of hydrogen-bond donors (Lipinski definition) is 2. The minimum Gasteiger partial charge on any atom is -0.396 e. The summed E-state index contributed by atoms with van der Waals surface area (Å²) in [6.07, 6.45) is 3.63. The fraction of sp³-hybridized carbons (Fsp3) is 0.500. The van der Waals surface area contributed by atoms with E-state index in [9.17, 15) is 4.79 Å². The van der Waals surface area contributed by atoms with Crippen LogP contribution in [0.3, 0.4) is 0 Å². The summed E-state index contributed by atoms with van der Waals surface area (Å²) in [5.74, 6) is 0.230. The third-order valence-corrected chi connectivity index (χ3v) is 3.37. The number of aliphatic hydroxyl groups is 1.